The van der Waals surface area contributed by atoms with Crippen molar-refractivity contribution in [2.75, 3.05) is 18.6 Å². The third-order valence-corrected chi connectivity index (χ3v) is 7.61. The Morgan fingerprint density at radius 1 is 0.944 bits per heavy atom. The van der Waals surface area contributed by atoms with Crippen LogP contribution in [0.25, 0.3) is 0 Å². The summed E-state index contributed by atoms with van der Waals surface area (Å²) in [6.07, 6.45) is 6.75. The standard InChI is InChI=1S/C33H43NO2/c1-6-34(23-25-11-9-24(10-12-25)8-7-19-33(2,3)4)32-22-30(36-5)17-18-31(32)28-14-13-27-21-29(35)16-15-26(27)20-28/h9-12,15-18,21-22,28,35H,6-8,13-14,19-20,23H2,1-5H3/t28-/m1/s1. The number of phenolic OH excluding ortho intramolecular Hbond substituents is 1. The van der Waals surface area contributed by atoms with E-state index in [4.69, 9.17) is 4.74 Å². The van der Waals surface area contributed by atoms with Crippen LogP contribution in [0.3, 0.4) is 0 Å². The molecule has 0 unspecified atom stereocenters. The minimum Gasteiger partial charge on any atom is -0.508 e. The number of hydrogen-bond donors (Lipinski definition) is 1. The van der Waals surface area contributed by atoms with Gasteiger partial charge in [-0.2, -0.15) is 0 Å². The number of aromatic hydroxyl groups is 1. The third-order valence-electron chi connectivity index (χ3n) is 7.61. The number of methoxy groups -OCH3 is 1. The first-order chi connectivity index (χ1) is 17.3. The van der Waals surface area contributed by atoms with Gasteiger partial charge in [0.2, 0.25) is 0 Å². The Morgan fingerprint density at radius 2 is 1.69 bits per heavy atom. The number of ether oxygens (including phenoxy) is 1. The van der Waals surface area contributed by atoms with Crippen LogP contribution in [0.2, 0.25) is 0 Å². The van der Waals surface area contributed by atoms with Crippen molar-refractivity contribution in [3.05, 3.63) is 88.5 Å². The molecular formula is C33H43NO2. The van der Waals surface area contributed by atoms with E-state index in [-0.39, 0.29) is 0 Å². The van der Waals surface area contributed by atoms with Crippen molar-refractivity contribution in [2.45, 2.75) is 78.7 Å². The van der Waals surface area contributed by atoms with Gasteiger partial charge in [0.05, 0.1) is 7.11 Å². The molecule has 192 valence electrons. The third kappa shape index (κ3) is 6.63. The number of nitrogens with zero attached hydrogens (tertiary/aromatic N) is 1. The summed E-state index contributed by atoms with van der Waals surface area (Å²) in [6, 6.07) is 21.7. The molecule has 0 aromatic heterocycles. The van der Waals surface area contributed by atoms with Crippen LogP contribution in [0, 0.1) is 5.41 Å². The predicted molar refractivity (Wildman–Crippen MR) is 151 cm³/mol. The fourth-order valence-corrected chi connectivity index (χ4v) is 5.50. The molecule has 3 aromatic rings. The number of phenols is 1. The van der Waals surface area contributed by atoms with E-state index in [1.807, 2.05) is 12.1 Å². The zero-order valence-electron chi connectivity index (χ0n) is 22.8. The maximum absolute atomic E-state index is 9.89. The number of fused-ring (bicyclic) bond motifs is 1. The predicted octanol–water partition coefficient (Wildman–Crippen LogP) is 8.07. The molecule has 0 spiro atoms. The lowest BCUT2D eigenvalue weighted by atomic mass is 9.79. The molecule has 4 rings (SSSR count). The average molecular weight is 486 g/mol. The van der Waals surface area contributed by atoms with Crippen molar-refractivity contribution < 1.29 is 9.84 Å². The van der Waals surface area contributed by atoms with Crippen LogP contribution in [-0.2, 0) is 25.8 Å². The first-order valence-corrected chi connectivity index (χ1v) is 13.6. The highest BCUT2D eigenvalue weighted by Gasteiger charge is 2.24. The van der Waals surface area contributed by atoms with E-state index in [9.17, 15) is 5.11 Å². The molecule has 3 heteroatoms. The number of anilines is 1. The lowest BCUT2D eigenvalue weighted by Gasteiger charge is -2.32. The normalized spacial score (nSPS) is 15.4. The second-order valence-corrected chi connectivity index (χ2v) is 11.6. The summed E-state index contributed by atoms with van der Waals surface area (Å²) in [7, 11) is 1.75. The second kappa shape index (κ2) is 11.4. The van der Waals surface area contributed by atoms with E-state index >= 15 is 0 Å². The molecule has 3 nitrogen and oxygen atoms in total. The Morgan fingerprint density at radius 3 is 2.39 bits per heavy atom. The highest BCUT2D eigenvalue weighted by Crippen LogP contribution is 2.40. The Balaban J connectivity index is 1.52. The van der Waals surface area contributed by atoms with Gasteiger partial charge in [0.25, 0.3) is 0 Å². The topological polar surface area (TPSA) is 32.7 Å². The van der Waals surface area contributed by atoms with E-state index in [0.29, 0.717) is 17.1 Å². The molecule has 0 saturated heterocycles. The monoisotopic (exact) mass is 485 g/mol. The van der Waals surface area contributed by atoms with Gasteiger partial charge in [0.1, 0.15) is 11.5 Å². The van der Waals surface area contributed by atoms with Gasteiger partial charge in [-0.05, 0) is 103 Å². The van der Waals surface area contributed by atoms with E-state index in [2.05, 4.69) is 81.1 Å². The smallest absolute Gasteiger partial charge is 0.120 e. The Bertz CT molecular complexity index is 1140. The Hall–Kier alpha value is -2.94. The quantitative estimate of drug-likeness (QED) is 0.333. The Labute approximate surface area is 218 Å². The molecule has 0 aliphatic heterocycles. The van der Waals surface area contributed by atoms with E-state index in [0.717, 1.165) is 44.5 Å². The van der Waals surface area contributed by atoms with Crippen molar-refractivity contribution in [3.63, 3.8) is 0 Å². The molecule has 0 radical (unpaired) electrons. The highest BCUT2D eigenvalue weighted by molar-refractivity contribution is 5.60. The highest BCUT2D eigenvalue weighted by atomic mass is 16.5. The van der Waals surface area contributed by atoms with Gasteiger partial charge in [-0.25, -0.2) is 0 Å². The van der Waals surface area contributed by atoms with Crippen LogP contribution < -0.4 is 9.64 Å². The van der Waals surface area contributed by atoms with Crippen LogP contribution in [0.15, 0.2) is 60.7 Å². The van der Waals surface area contributed by atoms with Gasteiger partial charge in [-0.15, -0.1) is 0 Å². The molecule has 36 heavy (non-hydrogen) atoms. The second-order valence-electron chi connectivity index (χ2n) is 11.6. The van der Waals surface area contributed by atoms with Crippen molar-refractivity contribution in [2.24, 2.45) is 5.41 Å². The molecule has 0 bridgehead atoms. The maximum atomic E-state index is 9.89. The molecule has 1 N–H and O–H groups in total. The lowest BCUT2D eigenvalue weighted by Crippen LogP contribution is -2.25. The minimum absolute atomic E-state index is 0.370. The molecule has 1 aliphatic rings. The number of hydrogen-bond acceptors (Lipinski definition) is 3. The first-order valence-electron chi connectivity index (χ1n) is 13.6. The van der Waals surface area contributed by atoms with E-state index in [1.54, 1.807) is 7.11 Å². The number of aryl methyl sites for hydroxylation is 2. The largest absolute Gasteiger partial charge is 0.508 e. The average Bonchev–Trinajstić information content (AvgIpc) is 2.86. The maximum Gasteiger partial charge on any atom is 0.120 e. The minimum atomic E-state index is 0.370. The van der Waals surface area contributed by atoms with Crippen LogP contribution in [-0.4, -0.2) is 18.8 Å². The van der Waals surface area contributed by atoms with Gasteiger partial charge in [0, 0.05) is 24.8 Å². The van der Waals surface area contributed by atoms with Crippen LogP contribution in [0.5, 0.6) is 11.5 Å². The SMILES string of the molecule is CCN(Cc1ccc(CCCC(C)(C)C)cc1)c1cc(OC)ccc1[C@@H]1CCc2cc(O)ccc2C1. The molecule has 0 fully saturated rings. The van der Waals surface area contributed by atoms with Gasteiger partial charge >= 0.3 is 0 Å². The van der Waals surface area contributed by atoms with Gasteiger partial charge < -0.3 is 14.7 Å². The lowest BCUT2D eigenvalue weighted by molar-refractivity contribution is 0.365. The number of benzene rings is 3. The molecular weight excluding hydrogens is 442 g/mol. The first kappa shape index (κ1) is 26.1. The summed E-state index contributed by atoms with van der Waals surface area (Å²) in [5.74, 6) is 1.74. The molecule has 0 saturated carbocycles. The fraction of sp³-hybridized carbons (Fsp3) is 0.455. The molecule has 0 heterocycles. The van der Waals surface area contributed by atoms with Crippen molar-refractivity contribution in [1.82, 2.24) is 0 Å². The molecule has 0 amide bonds. The van der Waals surface area contributed by atoms with Crippen molar-refractivity contribution >= 4 is 5.69 Å². The zero-order chi connectivity index (χ0) is 25.7. The zero-order valence-corrected chi connectivity index (χ0v) is 22.8. The van der Waals surface area contributed by atoms with Gasteiger partial charge in [0.15, 0.2) is 0 Å². The van der Waals surface area contributed by atoms with E-state index in [1.165, 1.54) is 46.3 Å². The summed E-state index contributed by atoms with van der Waals surface area (Å²) >= 11 is 0. The molecule has 3 aromatic carbocycles. The van der Waals surface area contributed by atoms with Crippen molar-refractivity contribution in [3.8, 4) is 11.5 Å². The van der Waals surface area contributed by atoms with Gasteiger partial charge in [-0.3, -0.25) is 0 Å². The summed E-state index contributed by atoms with van der Waals surface area (Å²) < 4.78 is 5.63. The summed E-state index contributed by atoms with van der Waals surface area (Å²) in [4.78, 5) is 2.48. The summed E-state index contributed by atoms with van der Waals surface area (Å²) in [5.41, 5.74) is 8.49. The van der Waals surface area contributed by atoms with Crippen LogP contribution >= 0.6 is 0 Å². The van der Waals surface area contributed by atoms with E-state index < -0.39 is 0 Å². The molecule has 1 aliphatic carbocycles. The number of rotatable bonds is 9. The van der Waals surface area contributed by atoms with Crippen LogP contribution in [0.4, 0.5) is 5.69 Å². The fourth-order valence-electron chi connectivity index (χ4n) is 5.50. The summed E-state index contributed by atoms with van der Waals surface area (Å²) in [5, 5.41) is 9.89. The molecule has 1 atom stereocenters. The van der Waals surface area contributed by atoms with Crippen molar-refractivity contribution in [1.29, 1.82) is 0 Å². The summed E-state index contributed by atoms with van der Waals surface area (Å²) in [6.45, 7) is 11.0. The van der Waals surface area contributed by atoms with Gasteiger partial charge in [-0.1, -0.05) is 57.2 Å². The van der Waals surface area contributed by atoms with Crippen LogP contribution in [0.1, 0.15) is 80.7 Å². The Kier molecular flexibility index (Phi) is 8.28.